The molecule has 0 fully saturated rings. The van der Waals surface area contributed by atoms with Gasteiger partial charge in [-0.1, -0.05) is 6.07 Å². The van der Waals surface area contributed by atoms with Crippen molar-refractivity contribution in [2.75, 3.05) is 0 Å². The molecule has 0 saturated carbocycles. The number of carbonyl (C=O) groups excluding carboxylic acids is 2. The largest absolute Gasteiger partial charge is 0.289 e. The molecule has 1 aliphatic rings. The summed E-state index contributed by atoms with van der Waals surface area (Å²) in [6, 6.07) is 4.49. The SMILES string of the molecule is Cc1ccc(C2=CC(=O)NC2=O)c([N+](=O)[O-])c1. The van der Waals surface area contributed by atoms with E-state index in [1.54, 1.807) is 13.0 Å². The Bertz CT molecular complexity index is 575. The number of carbonyl (C=O) groups is 2. The van der Waals surface area contributed by atoms with Gasteiger partial charge in [0.2, 0.25) is 0 Å². The normalized spacial score (nSPS) is 14.5. The Morgan fingerprint density at radius 1 is 1.29 bits per heavy atom. The second kappa shape index (κ2) is 3.82. The lowest BCUT2D eigenvalue weighted by molar-refractivity contribution is -0.385. The third-order valence-electron chi connectivity index (χ3n) is 2.40. The molecule has 0 aliphatic carbocycles. The third-order valence-corrected chi connectivity index (χ3v) is 2.40. The van der Waals surface area contributed by atoms with E-state index < -0.39 is 16.7 Å². The highest BCUT2D eigenvalue weighted by Gasteiger charge is 2.27. The molecular weight excluding hydrogens is 224 g/mol. The molecule has 6 heteroatoms. The number of amides is 2. The lowest BCUT2D eigenvalue weighted by Gasteiger charge is -2.03. The number of hydrogen-bond acceptors (Lipinski definition) is 4. The molecule has 1 N–H and O–H groups in total. The van der Waals surface area contributed by atoms with Crippen molar-refractivity contribution in [1.29, 1.82) is 0 Å². The average molecular weight is 232 g/mol. The molecule has 1 heterocycles. The quantitative estimate of drug-likeness (QED) is 0.467. The minimum absolute atomic E-state index is 0.0294. The van der Waals surface area contributed by atoms with Crippen LogP contribution in [0.15, 0.2) is 24.3 Å². The summed E-state index contributed by atoms with van der Waals surface area (Å²) in [4.78, 5) is 32.7. The van der Waals surface area contributed by atoms with Crippen molar-refractivity contribution in [3.63, 3.8) is 0 Å². The van der Waals surface area contributed by atoms with E-state index in [4.69, 9.17) is 0 Å². The van der Waals surface area contributed by atoms with E-state index in [-0.39, 0.29) is 16.8 Å². The summed E-state index contributed by atoms with van der Waals surface area (Å²) in [5.74, 6) is -1.16. The second-order valence-electron chi connectivity index (χ2n) is 3.65. The molecule has 6 nitrogen and oxygen atoms in total. The van der Waals surface area contributed by atoms with Gasteiger partial charge in [0, 0.05) is 12.1 Å². The van der Waals surface area contributed by atoms with Crippen molar-refractivity contribution in [3.8, 4) is 0 Å². The van der Waals surface area contributed by atoms with E-state index in [0.29, 0.717) is 5.56 Å². The van der Waals surface area contributed by atoms with Crippen LogP contribution in [0.3, 0.4) is 0 Å². The van der Waals surface area contributed by atoms with Crippen LogP contribution in [0.5, 0.6) is 0 Å². The van der Waals surface area contributed by atoms with Crippen LogP contribution < -0.4 is 5.32 Å². The fourth-order valence-electron chi connectivity index (χ4n) is 1.63. The van der Waals surface area contributed by atoms with E-state index >= 15 is 0 Å². The molecular formula is C11H8N2O4. The maximum Gasteiger partial charge on any atom is 0.277 e. The maximum absolute atomic E-state index is 11.4. The molecule has 86 valence electrons. The Hall–Kier alpha value is -2.50. The van der Waals surface area contributed by atoms with E-state index in [2.05, 4.69) is 5.32 Å². The predicted octanol–water partition coefficient (Wildman–Crippen LogP) is 0.943. The number of rotatable bonds is 2. The van der Waals surface area contributed by atoms with E-state index in [1.165, 1.54) is 12.1 Å². The molecule has 17 heavy (non-hydrogen) atoms. The number of nitrogens with one attached hydrogen (secondary N) is 1. The first kappa shape index (κ1) is 11.0. The van der Waals surface area contributed by atoms with Gasteiger partial charge in [-0.3, -0.25) is 25.0 Å². The number of nitrogens with zero attached hydrogens (tertiary/aromatic N) is 1. The third kappa shape index (κ3) is 1.92. The van der Waals surface area contributed by atoms with Crippen molar-refractivity contribution >= 4 is 23.1 Å². The van der Waals surface area contributed by atoms with Crippen LogP contribution >= 0.6 is 0 Å². The minimum Gasteiger partial charge on any atom is -0.289 e. The summed E-state index contributed by atoms with van der Waals surface area (Å²) in [7, 11) is 0. The van der Waals surface area contributed by atoms with Gasteiger partial charge < -0.3 is 0 Å². The Morgan fingerprint density at radius 2 is 2.00 bits per heavy atom. The first-order chi connectivity index (χ1) is 7.99. The Labute approximate surface area is 96.1 Å². The molecule has 1 aromatic carbocycles. The number of hydrogen-bond donors (Lipinski definition) is 1. The first-order valence-corrected chi connectivity index (χ1v) is 4.81. The molecule has 2 rings (SSSR count). The molecule has 0 unspecified atom stereocenters. The van der Waals surface area contributed by atoms with Crippen molar-refractivity contribution in [3.05, 3.63) is 45.5 Å². The molecule has 0 saturated heterocycles. The lowest BCUT2D eigenvalue weighted by atomic mass is 10.0. The van der Waals surface area contributed by atoms with Crippen LogP contribution in [0.25, 0.3) is 5.57 Å². The lowest BCUT2D eigenvalue weighted by Crippen LogP contribution is -2.21. The smallest absolute Gasteiger partial charge is 0.277 e. The highest BCUT2D eigenvalue weighted by molar-refractivity contribution is 6.34. The average Bonchev–Trinajstić information content (AvgIpc) is 2.57. The number of benzene rings is 1. The Kier molecular flexibility index (Phi) is 2.47. The molecule has 0 aromatic heterocycles. The van der Waals surface area contributed by atoms with Crippen LogP contribution in [0, 0.1) is 17.0 Å². The number of nitro groups is 1. The highest BCUT2D eigenvalue weighted by atomic mass is 16.6. The van der Waals surface area contributed by atoms with Gasteiger partial charge in [0.15, 0.2) is 0 Å². The molecule has 0 radical (unpaired) electrons. The predicted molar refractivity (Wildman–Crippen MR) is 59.0 cm³/mol. The monoisotopic (exact) mass is 232 g/mol. The first-order valence-electron chi connectivity index (χ1n) is 4.81. The Balaban J connectivity index is 2.60. The van der Waals surface area contributed by atoms with Gasteiger partial charge in [0.1, 0.15) is 0 Å². The van der Waals surface area contributed by atoms with Crippen LogP contribution in [0.4, 0.5) is 5.69 Å². The number of aryl methyl sites for hydroxylation is 1. The van der Waals surface area contributed by atoms with Gasteiger partial charge >= 0.3 is 0 Å². The highest BCUT2D eigenvalue weighted by Crippen LogP contribution is 2.28. The summed E-state index contributed by atoms with van der Waals surface area (Å²) in [5.41, 5.74) is 0.720. The van der Waals surface area contributed by atoms with Gasteiger partial charge in [0.25, 0.3) is 17.5 Å². The minimum atomic E-state index is -0.609. The van der Waals surface area contributed by atoms with Crippen LogP contribution in [0.1, 0.15) is 11.1 Å². The van der Waals surface area contributed by atoms with E-state index in [0.717, 1.165) is 6.08 Å². The summed E-state index contributed by atoms with van der Waals surface area (Å²) >= 11 is 0. The fraction of sp³-hybridized carbons (Fsp3) is 0.0909. The molecule has 1 aromatic rings. The van der Waals surface area contributed by atoms with Crippen molar-refractivity contribution < 1.29 is 14.5 Å². The molecule has 0 atom stereocenters. The molecule has 0 bridgehead atoms. The summed E-state index contributed by atoms with van der Waals surface area (Å²) < 4.78 is 0. The second-order valence-corrected chi connectivity index (χ2v) is 3.65. The standard InChI is InChI=1S/C11H8N2O4/c1-6-2-3-7(9(4-6)13(16)17)8-5-10(14)12-11(8)15/h2-5H,1H3,(H,12,14,15). The van der Waals surface area contributed by atoms with Crippen LogP contribution in [0.2, 0.25) is 0 Å². The van der Waals surface area contributed by atoms with E-state index in [1.807, 2.05) is 0 Å². The fourth-order valence-corrected chi connectivity index (χ4v) is 1.63. The van der Waals surface area contributed by atoms with Gasteiger partial charge in [-0.25, -0.2) is 0 Å². The van der Waals surface area contributed by atoms with Crippen LogP contribution in [-0.2, 0) is 9.59 Å². The number of nitro benzene ring substituents is 1. The van der Waals surface area contributed by atoms with Gasteiger partial charge in [-0.2, -0.15) is 0 Å². The zero-order chi connectivity index (χ0) is 12.6. The molecule has 0 spiro atoms. The summed E-state index contributed by atoms with van der Waals surface area (Å²) in [6.07, 6.45) is 1.07. The van der Waals surface area contributed by atoms with Gasteiger partial charge in [-0.05, 0) is 18.6 Å². The Morgan fingerprint density at radius 3 is 2.53 bits per heavy atom. The topological polar surface area (TPSA) is 89.3 Å². The van der Waals surface area contributed by atoms with Crippen LogP contribution in [-0.4, -0.2) is 16.7 Å². The van der Waals surface area contributed by atoms with E-state index in [9.17, 15) is 19.7 Å². The van der Waals surface area contributed by atoms with Crippen molar-refractivity contribution in [2.24, 2.45) is 0 Å². The van der Waals surface area contributed by atoms with Gasteiger partial charge in [0.05, 0.1) is 16.1 Å². The summed E-state index contributed by atoms with van der Waals surface area (Å²) in [6.45, 7) is 1.71. The molecule has 2 amide bonds. The van der Waals surface area contributed by atoms with Gasteiger partial charge in [-0.15, -0.1) is 0 Å². The van der Waals surface area contributed by atoms with Crippen molar-refractivity contribution in [2.45, 2.75) is 6.92 Å². The zero-order valence-corrected chi connectivity index (χ0v) is 8.89. The maximum atomic E-state index is 11.4. The zero-order valence-electron chi connectivity index (χ0n) is 8.89. The van der Waals surface area contributed by atoms with Crippen molar-refractivity contribution in [1.82, 2.24) is 5.32 Å². The molecule has 1 aliphatic heterocycles. The summed E-state index contributed by atoms with van der Waals surface area (Å²) in [5, 5.41) is 12.9. The number of imide groups is 1.